The van der Waals surface area contributed by atoms with Crippen molar-refractivity contribution in [3.05, 3.63) is 21.4 Å². The number of carbonyl (C=O) groups excluding carboxylic acids is 1. The fourth-order valence-corrected chi connectivity index (χ4v) is 1.92. The number of urea groups is 1. The Morgan fingerprint density at radius 2 is 2.00 bits per heavy atom. The molecule has 0 bridgehead atoms. The van der Waals surface area contributed by atoms with Gasteiger partial charge in [0, 0.05) is 6.54 Å². The predicted octanol–water partition coefficient (Wildman–Crippen LogP) is 3.93. The lowest BCUT2D eigenvalue weighted by molar-refractivity contribution is 0.252. The second kappa shape index (κ2) is 6.81. The second-order valence-electron chi connectivity index (χ2n) is 4.04. The normalized spacial score (nSPS) is 10.3. The number of aromatic nitrogens is 1. The van der Waals surface area contributed by atoms with Crippen LogP contribution in [0.4, 0.5) is 10.5 Å². The number of halogens is 2. The largest absolute Gasteiger partial charge is 0.338 e. The monoisotopic (exact) mass is 289 g/mol. The fourth-order valence-electron chi connectivity index (χ4n) is 1.47. The van der Waals surface area contributed by atoms with Crippen molar-refractivity contribution >= 4 is 34.9 Å². The summed E-state index contributed by atoms with van der Waals surface area (Å²) >= 11 is 12.1. The first-order valence-corrected chi connectivity index (χ1v) is 6.60. The molecule has 1 rings (SSSR count). The van der Waals surface area contributed by atoms with Crippen molar-refractivity contribution in [1.82, 2.24) is 10.3 Å². The number of nitrogens with zero attached hydrogens (tertiary/aromatic N) is 1. The van der Waals surface area contributed by atoms with Crippen LogP contribution in [0.2, 0.25) is 10.2 Å². The number of unbranched alkanes of at least 4 members (excludes halogenated alkanes) is 1. The molecule has 0 aliphatic carbocycles. The standard InChI is InChI=1S/C12H17Cl2N3O/c1-4-5-6-15-12(18)17-10-7(2)9(13)8(3)16-11(10)14/h4-6H2,1-3H3,(H2,15,17,18). The summed E-state index contributed by atoms with van der Waals surface area (Å²) in [7, 11) is 0. The van der Waals surface area contributed by atoms with E-state index in [-0.39, 0.29) is 11.2 Å². The molecule has 0 aliphatic heterocycles. The minimum Gasteiger partial charge on any atom is -0.338 e. The molecule has 100 valence electrons. The number of nitrogens with one attached hydrogen (secondary N) is 2. The van der Waals surface area contributed by atoms with Crippen molar-refractivity contribution < 1.29 is 4.79 Å². The van der Waals surface area contributed by atoms with E-state index in [9.17, 15) is 4.79 Å². The van der Waals surface area contributed by atoms with Gasteiger partial charge in [0.2, 0.25) is 0 Å². The molecule has 0 fully saturated rings. The highest BCUT2D eigenvalue weighted by Gasteiger charge is 2.14. The summed E-state index contributed by atoms with van der Waals surface area (Å²) in [5, 5.41) is 6.18. The number of anilines is 1. The molecule has 4 nitrogen and oxygen atoms in total. The van der Waals surface area contributed by atoms with Crippen molar-refractivity contribution in [1.29, 1.82) is 0 Å². The van der Waals surface area contributed by atoms with Crippen LogP contribution in [0, 0.1) is 13.8 Å². The lowest BCUT2D eigenvalue weighted by atomic mass is 10.2. The van der Waals surface area contributed by atoms with Crippen molar-refractivity contribution in [3.63, 3.8) is 0 Å². The van der Waals surface area contributed by atoms with E-state index in [0.29, 0.717) is 22.9 Å². The first-order valence-electron chi connectivity index (χ1n) is 5.84. The third kappa shape index (κ3) is 3.75. The molecule has 0 atom stereocenters. The summed E-state index contributed by atoms with van der Waals surface area (Å²) < 4.78 is 0. The van der Waals surface area contributed by atoms with Crippen LogP contribution in [0.25, 0.3) is 0 Å². The van der Waals surface area contributed by atoms with Crippen LogP contribution in [0.15, 0.2) is 0 Å². The molecule has 0 spiro atoms. The van der Waals surface area contributed by atoms with E-state index < -0.39 is 0 Å². The minimum atomic E-state index is -0.296. The Kier molecular flexibility index (Phi) is 5.69. The zero-order valence-corrected chi connectivity index (χ0v) is 12.2. The van der Waals surface area contributed by atoms with Crippen LogP contribution in [0.5, 0.6) is 0 Å². The average molecular weight is 290 g/mol. The summed E-state index contributed by atoms with van der Waals surface area (Å²) in [5.41, 5.74) is 1.83. The number of amides is 2. The lowest BCUT2D eigenvalue weighted by Gasteiger charge is -2.13. The summed E-state index contributed by atoms with van der Waals surface area (Å²) in [6.45, 7) is 6.26. The van der Waals surface area contributed by atoms with Crippen LogP contribution in [0.3, 0.4) is 0 Å². The molecule has 6 heteroatoms. The third-order valence-electron chi connectivity index (χ3n) is 2.55. The van der Waals surface area contributed by atoms with Gasteiger partial charge in [-0.15, -0.1) is 0 Å². The van der Waals surface area contributed by atoms with Crippen LogP contribution in [-0.2, 0) is 0 Å². The summed E-state index contributed by atoms with van der Waals surface area (Å²) in [6, 6.07) is -0.296. The Bertz CT molecular complexity index is 449. The molecule has 0 aliphatic rings. The maximum Gasteiger partial charge on any atom is 0.319 e. The molecule has 1 heterocycles. The van der Waals surface area contributed by atoms with E-state index >= 15 is 0 Å². The molecule has 1 aromatic rings. The second-order valence-corrected chi connectivity index (χ2v) is 4.77. The summed E-state index contributed by atoms with van der Waals surface area (Å²) in [6.07, 6.45) is 1.96. The topological polar surface area (TPSA) is 54.0 Å². The van der Waals surface area contributed by atoms with Gasteiger partial charge in [0.25, 0.3) is 0 Å². The van der Waals surface area contributed by atoms with Gasteiger partial charge in [-0.2, -0.15) is 0 Å². The fraction of sp³-hybridized carbons (Fsp3) is 0.500. The predicted molar refractivity (Wildman–Crippen MR) is 75.7 cm³/mol. The molecule has 1 aromatic heterocycles. The molecule has 18 heavy (non-hydrogen) atoms. The van der Waals surface area contributed by atoms with Gasteiger partial charge >= 0.3 is 6.03 Å². The van der Waals surface area contributed by atoms with Gasteiger partial charge < -0.3 is 10.6 Å². The maximum atomic E-state index is 11.6. The number of pyridine rings is 1. The first-order chi connectivity index (χ1) is 8.47. The maximum absolute atomic E-state index is 11.6. The van der Waals surface area contributed by atoms with E-state index in [0.717, 1.165) is 18.4 Å². The average Bonchev–Trinajstić information content (AvgIpc) is 2.32. The van der Waals surface area contributed by atoms with E-state index in [2.05, 4.69) is 22.5 Å². The van der Waals surface area contributed by atoms with Gasteiger partial charge in [-0.25, -0.2) is 9.78 Å². The first kappa shape index (κ1) is 15.1. The number of carbonyl (C=O) groups is 1. The van der Waals surface area contributed by atoms with Crippen molar-refractivity contribution in [2.45, 2.75) is 33.6 Å². The van der Waals surface area contributed by atoms with Crippen molar-refractivity contribution in [2.24, 2.45) is 0 Å². The zero-order chi connectivity index (χ0) is 13.7. The molecule has 2 amide bonds. The van der Waals surface area contributed by atoms with Gasteiger partial charge in [0.1, 0.15) is 0 Å². The summed E-state index contributed by atoms with van der Waals surface area (Å²) in [4.78, 5) is 15.7. The Morgan fingerprint density at radius 3 is 2.61 bits per heavy atom. The number of hydrogen-bond acceptors (Lipinski definition) is 2. The highest BCUT2D eigenvalue weighted by molar-refractivity contribution is 6.35. The molecule has 0 saturated heterocycles. The number of aryl methyl sites for hydroxylation is 1. The van der Waals surface area contributed by atoms with Crippen molar-refractivity contribution in [2.75, 3.05) is 11.9 Å². The highest BCUT2D eigenvalue weighted by Crippen LogP contribution is 2.31. The van der Waals surface area contributed by atoms with E-state index in [4.69, 9.17) is 23.2 Å². The minimum absolute atomic E-state index is 0.250. The van der Waals surface area contributed by atoms with Gasteiger partial charge in [0.15, 0.2) is 5.15 Å². The van der Waals surface area contributed by atoms with Crippen LogP contribution in [0.1, 0.15) is 31.0 Å². The van der Waals surface area contributed by atoms with Crippen LogP contribution < -0.4 is 10.6 Å². The van der Waals surface area contributed by atoms with E-state index in [1.165, 1.54) is 0 Å². The number of hydrogen-bond donors (Lipinski definition) is 2. The van der Waals surface area contributed by atoms with E-state index in [1.807, 2.05) is 0 Å². The van der Waals surface area contributed by atoms with Crippen LogP contribution in [-0.4, -0.2) is 17.6 Å². The molecule has 0 unspecified atom stereocenters. The van der Waals surface area contributed by atoms with Crippen molar-refractivity contribution in [3.8, 4) is 0 Å². The molecule has 0 aromatic carbocycles. The van der Waals surface area contributed by atoms with Crippen LogP contribution >= 0.6 is 23.2 Å². The van der Waals surface area contributed by atoms with Gasteiger partial charge in [-0.1, -0.05) is 36.5 Å². The van der Waals surface area contributed by atoms with E-state index in [1.54, 1.807) is 13.8 Å². The SMILES string of the molecule is CCCCNC(=O)Nc1c(Cl)nc(C)c(Cl)c1C. The molecule has 0 radical (unpaired) electrons. The molecule has 2 N–H and O–H groups in total. The Hall–Kier alpha value is -1.000. The lowest BCUT2D eigenvalue weighted by Crippen LogP contribution is -2.30. The highest BCUT2D eigenvalue weighted by atomic mass is 35.5. The summed E-state index contributed by atoms with van der Waals surface area (Å²) in [5.74, 6) is 0. The molecular formula is C12H17Cl2N3O. The Balaban J connectivity index is 2.79. The quantitative estimate of drug-likeness (QED) is 0.652. The zero-order valence-electron chi connectivity index (χ0n) is 10.7. The molecule has 0 saturated carbocycles. The molecular weight excluding hydrogens is 273 g/mol. The van der Waals surface area contributed by atoms with Gasteiger partial charge in [0.05, 0.1) is 16.4 Å². The van der Waals surface area contributed by atoms with Gasteiger partial charge in [-0.05, 0) is 25.8 Å². The third-order valence-corrected chi connectivity index (χ3v) is 3.38. The number of rotatable bonds is 4. The van der Waals surface area contributed by atoms with Gasteiger partial charge in [-0.3, -0.25) is 0 Å². The Morgan fingerprint density at radius 1 is 1.33 bits per heavy atom. The Labute approximate surface area is 117 Å². The smallest absolute Gasteiger partial charge is 0.319 e.